The quantitative estimate of drug-likeness (QED) is 0.459. The van der Waals surface area contributed by atoms with Crippen LogP contribution in [0.15, 0.2) is 24.3 Å². The van der Waals surface area contributed by atoms with Crippen molar-refractivity contribution in [3.63, 3.8) is 0 Å². The van der Waals surface area contributed by atoms with Crippen molar-refractivity contribution in [1.82, 2.24) is 0 Å². The van der Waals surface area contributed by atoms with Crippen LogP contribution >= 0.6 is 0 Å². The Balaban J connectivity index is 1.38. The van der Waals surface area contributed by atoms with Crippen LogP contribution in [-0.4, -0.2) is 11.6 Å². The molecule has 0 heterocycles. The van der Waals surface area contributed by atoms with Crippen LogP contribution < -0.4 is 0 Å². The molecule has 27 heavy (non-hydrogen) atoms. The van der Waals surface area contributed by atoms with Gasteiger partial charge in [0, 0.05) is 5.41 Å². The van der Waals surface area contributed by atoms with Gasteiger partial charge in [-0.25, -0.2) is 13.2 Å². The second-order valence-electron chi connectivity index (χ2n) is 9.90. The minimum absolute atomic E-state index is 0.0600. The first-order chi connectivity index (χ1) is 12.9. The Morgan fingerprint density at radius 2 is 1.44 bits per heavy atom. The summed E-state index contributed by atoms with van der Waals surface area (Å²) in [4.78, 5) is 0. The van der Waals surface area contributed by atoms with Crippen LogP contribution in [0.1, 0.15) is 84.0 Å². The third-order valence-corrected chi connectivity index (χ3v) is 8.51. The van der Waals surface area contributed by atoms with Crippen molar-refractivity contribution >= 4 is 0 Å². The van der Waals surface area contributed by atoms with Crippen molar-refractivity contribution in [1.29, 1.82) is 0 Å². The Morgan fingerprint density at radius 3 is 1.93 bits per heavy atom. The standard InChI is InChI=1S/C24H35F3/c1-2-6-18-7-9-19(10-8-18)20-11-13-21(14-12-20)22(15-4-3-5-16-22)23(25)17-24(23,26)27/h3-5,15,18-21H,2,6-14,16-17H2,1H3. The van der Waals surface area contributed by atoms with Gasteiger partial charge in [-0.2, -0.15) is 0 Å². The lowest BCUT2D eigenvalue weighted by Crippen LogP contribution is -2.45. The van der Waals surface area contributed by atoms with Gasteiger partial charge < -0.3 is 0 Å². The molecule has 0 saturated heterocycles. The minimum Gasteiger partial charge on any atom is -0.236 e. The maximum absolute atomic E-state index is 15.3. The maximum Gasteiger partial charge on any atom is 0.285 e. The molecule has 4 aliphatic carbocycles. The SMILES string of the molecule is CCCC1CCC(C2CCC(C3(C4(F)CC4(F)F)C=CC=CC3)CC2)CC1. The lowest BCUT2D eigenvalue weighted by molar-refractivity contribution is -0.0491. The van der Waals surface area contributed by atoms with Crippen molar-refractivity contribution < 1.29 is 13.2 Å². The summed E-state index contributed by atoms with van der Waals surface area (Å²) in [7, 11) is 0. The monoisotopic (exact) mass is 380 g/mol. The van der Waals surface area contributed by atoms with E-state index in [0.717, 1.165) is 43.4 Å². The molecule has 0 bridgehead atoms. The molecule has 4 rings (SSSR count). The average Bonchev–Trinajstić information content (AvgIpc) is 3.23. The highest BCUT2D eigenvalue weighted by molar-refractivity contribution is 5.33. The van der Waals surface area contributed by atoms with Crippen LogP contribution in [0, 0.1) is 29.1 Å². The molecule has 2 atom stereocenters. The average molecular weight is 381 g/mol. The van der Waals surface area contributed by atoms with Gasteiger partial charge in [-0.1, -0.05) is 56.9 Å². The fourth-order valence-corrected chi connectivity index (χ4v) is 6.79. The number of hydrogen-bond donors (Lipinski definition) is 0. The van der Waals surface area contributed by atoms with E-state index < -0.39 is 23.4 Å². The fourth-order valence-electron chi connectivity index (χ4n) is 6.79. The molecule has 0 aliphatic heterocycles. The first kappa shape index (κ1) is 19.6. The predicted molar refractivity (Wildman–Crippen MR) is 105 cm³/mol. The summed E-state index contributed by atoms with van der Waals surface area (Å²) < 4.78 is 43.3. The van der Waals surface area contributed by atoms with Crippen molar-refractivity contribution in [3.05, 3.63) is 24.3 Å². The largest absolute Gasteiger partial charge is 0.285 e. The first-order valence-electron chi connectivity index (χ1n) is 11.3. The summed E-state index contributed by atoms with van der Waals surface area (Å²) in [6.45, 7) is 2.28. The molecule has 0 aromatic rings. The van der Waals surface area contributed by atoms with Crippen molar-refractivity contribution in [2.75, 3.05) is 0 Å². The van der Waals surface area contributed by atoms with Crippen molar-refractivity contribution in [2.24, 2.45) is 29.1 Å². The van der Waals surface area contributed by atoms with Gasteiger partial charge in [-0.15, -0.1) is 0 Å². The zero-order valence-corrected chi connectivity index (χ0v) is 16.7. The molecule has 0 aromatic carbocycles. The van der Waals surface area contributed by atoms with Crippen LogP contribution in [-0.2, 0) is 0 Å². The maximum atomic E-state index is 15.3. The number of hydrogen-bond acceptors (Lipinski definition) is 0. The molecule has 0 spiro atoms. The third kappa shape index (κ3) is 3.31. The van der Waals surface area contributed by atoms with Gasteiger partial charge in [0.25, 0.3) is 5.92 Å². The summed E-state index contributed by atoms with van der Waals surface area (Å²) in [5.41, 5.74) is -3.30. The molecule has 0 nitrogen and oxygen atoms in total. The van der Waals surface area contributed by atoms with Crippen LogP contribution in [0.5, 0.6) is 0 Å². The van der Waals surface area contributed by atoms with Gasteiger partial charge in [-0.3, -0.25) is 0 Å². The lowest BCUT2D eigenvalue weighted by atomic mass is 9.59. The summed E-state index contributed by atoms with van der Waals surface area (Å²) in [6, 6.07) is 0. The zero-order valence-electron chi connectivity index (χ0n) is 16.7. The van der Waals surface area contributed by atoms with Gasteiger partial charge in [-0.05, 0) is 68.6 Å². The van der Waals surface area contributed by atoms with E-state index in [2.05, 4.69) is 6.92 Å². The Morgan fingerprint density at radius 1 is 0.852 bits per heavy atom. The molecule has 0 aromatic heterocycles. The summed E-state index contributed by atoms with van der Waals surface area (Å²) >= 11 is 0. The van der Waals surface area contributed by atoms with E-state index >= 15 is 4.39 Å². The molecule has 0 N–H and O–H groups in total. The highest BCUT2D eigenvalue weighted by Crippen LogP contribution is 2.70. The first-order valence-corrected chi connectivity index (χ1v) is 11.3. The second-order valence-corrected chi connectivity index (χ2v) is 9.90. The molecular weight excluding hydrogens is 345 g/mol. The number of alkyl halides is 3. The van der Waals surface area contributed by atoms with E-state index in [4.69, 9.17) is 0 Å². The Hall–Kier alpha value is -0.730. The minimum atomic E-state index is -3.14. The smallest absolute Gasteiger partial charge is 0.236 e. The fraction of sp³-hybridized carbons (Fsp3) is 0.833. The van der Waals surface area contributed by atoms with Crippen LogP contribution in [0.4, 0.5) is 13.2 Å². The molecular formula is C24H35F3. The van der Waals surface area contributed by atoms with Gasteiger partial charge in [0.05, 0.1) is 6.42 Å². The second kappa shape index (κ2) is 7.26. The number of halogens is 3. The van der Waals surface area contributed by atoms with Crippen LogP contribution in [0.3, 0.4) is 0 Å². The number of rotatable bonds is 5. The van der Waals surface area contributed by atoms with Crippen molar-refractivity contribution in [3.8, 4) is 0 Å². The van der Waals surface area contributed by atoms with E-state index in [-0.39, 0.29) is 5.92 Å². The molecule has 152 valence electrons. The van der Waals surface area contributed by atoms with E-state index in [0.29, 0.717) is 6.42 Å². The molecule has 3 fully saturated rings. The van der Waals surface area contributed by atoms with E-state index in [1.165, 1.54) is 38.5 Å². The molecule has 0 amide bonds. The topological polar surface area (TPSA) is 0 Å². The van der Waals surface area contributed by atoms with Crippen LogP contribution in [0.25, 0.3) is 0 Å². The van der Waals surface area contributed by atoms with Gasteiger partial charge in [0.15, 0.2) is 5.67 Å². The summed E-state index contributed by atoms with van der Waals surface area (Å²) in [6.07, 6.45) is 19.4. The third-order valence-electron chi connectivity index (χ3n) is 8.51. The molecule has 0 radical (unpaired) electrons. The van der Waals surface area contributed by atoms with E-state index in [1.807, 2.05) is 12.2 Å². The highest BCUT2D eigenvalue weighted by atomic mass is 19.3. The van der Waals surface area contributed by atoms with Crippen molar-refractivity contribution in [2.45, 2.75) is 95.6 Å². The molecule has 3 heteroatoms. The van der Waals surface area contributed by atoms with Gasteiger partial charge in [0.2, 0.25) is 0 Å². The number of allylic oxidation sites excluding steroid dienone is 4. The Kier molecular flexibility index (Phi) is 5.27. The van der Waals surface area contributed by atoms with E-state index in [1.54, 1.807) is 12.2 Å². The van der Waals surface area contributed by atoms with Gasteiger partial charge >= 0.3 is 0 Å². The van der Waals surface area contributed by atoms with E-state index in [9.17, 15) is 8.78 Å². The molecule has 2 unspecified atom stereocenters. The predicted octanol–water partition coefficient (Wildman–Crippen LogP) is 7.65. The lowest BCUT2D eigenvalue weighted by Gasteiger charge is -2.46. The highest BCUT2D eigenvalue weighted by Gasteiger charge is 2.81. The normalized spacial score (nSPS) is 46.4. The Bertz CT molecular complexity index is 578. The zero-order chi connectivity index (χ0) is 19.1. The van der Waals surface area contributed by atoms with Gasteiger partial charge in [0.1, 0.15) is 0 Å². The molecule has 4 aliphatic rings. The summed E-state index contributed by atoms with van der Waals surface area (Å²) in [5.74, 6) is -0.604. The molecule has 3 saturated carbocycles. The van der Waals surface area contributed by atoms with Crippen LogP contribution in [0.2, 0.25) is 0 Å². The Labute approximate surface area is 162 Å². The summed E-state index contributed by atoms with van der Waals surface area (Å²) in [5, 5.41) is 0.